The number of nitrogens with zero attached hydrogens (tertiary/aromatic N) is 3. The highest BCUT2D eigenvalue weighted by molar-refractivity contribution is 5.94. The molecule has 0 bridgehead atoms. The van der Waals surface area contributed by atoms with Crippen molar-refractivity contribution in [3.05, 3.63) is 18.6 Å². The van der Waals surface area contributed by atoms with Gasteiger partial charge in [0.05, 0.1) is 12.2 Å². The van der Waals surface area contributed by atoms with Crippen LogP contribution in [0.15, 0.2) is 18.6 Å². The van der Waals surface area contributed by atoms with Gasteiger partial charge in [-0.15, -0.1) is 0 Å². The van der Waals surface area contributed by atoms with Gasteiger partial charge in [-0.25, -0.2) is 4.98 Å². The molecule has 0 radical (unpaired) electrons. The molecule has 1 aromatic rings. The summed E-state index contributed by atoms with van der Waals surface area (Å²) in [6.45, 7) is 5.40. The third-order valence-corrected chi connectivity index (χ3v) is 6.79. The fraction of sp³-hybridized carbons (Fsp3) is 0.704. The lowest BCUT2D eigenvalue weighted by molar-refractivity contribution is -0.139. The minimum Gasteiger partial charge on any atom is -0.357 e. The Morgan fingerprint density at radius 1 is 1.00 bits per heavy atom. The molecular formula is C27H46N8O4. The zero-order valence-corrected chi connectivity index (χ0v) is 23.3. The number of rotatable bonds is 18. The molecule has 2 heterocycles. The average Bonchev–Trinajstić information content (AvgIpc) is 3.40. The van der Waals surface area contributed by atoms with Gasteiger partial charge < -0.3 is 37.1 Å². The maximum absolute atomic E-state index is 13.5. The minimum absolute atomic E-state index is 0.106. The summed E-state index contributed by atoms with van der Waals surface area (Å²) in [6.07, 6.45) is 10.9. The number of nitrogens with one attached hydrogen (secondary N) is 3. The second-order valence-corrected chi connectivity index (χ2v) is 10.5. The van der Waals surface area contributed by atoms with Gasteiger partial charge in [0.2, 0.25) is 17.7 Å². The summed E-state index contributed by atoms with van der Waals surface area (Å²) in [7, 11) is 0. The van der Waals surface area contributed by atoms with Crippen LogP contribution in [0.4, 0.5) is 5.82 Å². The van der Waals surface area contributed by atoms with E-state index in [0.29, 0.717) is 70.4 Å². The average molecular weight is 547 g/mol. The molecule has 0 spiro atoms. The number of carbonyl (C=O) groups excluding carboxylic acids is 4. The zero-order valence-electron chi connectivity index (χ0n) is 23.3. The smallest absolute Gasteiger partial charge is 0.245 e. The SMILES string of the molecule is CC(C)CC(NC(=O)C(CCCCN)Nc1cnccn1)C(=O)NC(CCCCN)C(=O)N1CCCC1C=O. The second kappa shape index (κ2) is 17.5. The van der Waals surface area contributed by atoms with Crippen LogP contribution < -0.4 is 27.4 Å². The molecule has 3 amide bonds. The Balaban J connectivity index is 2.17. The quantitative estimate of drug-likeness (QED) is 0.131. The third kappa shape index (κ3) is 10.9. The van der Waals surface area contributed by atoms with Crippen molar-refractivity contribution in [3.8, 4) is 0 Å². The van der Waals surface area contributed by atoms with E-state index in [1.165, 1.54) is 12.4 Å². The van der Waals surface area contributed by atoms with Crippen molar-refractivity contribution in [3.63, 3.8) is 0 Å². The van der Waals surface area contributed by atoms with E-state index in [1.807, 2.05) is 13.8 Å². The highest BCUT2D eigenvalue weighted by atomic mass is 16.2. The molecule has 218 valence electrons. The lowest BCUT2D eigenvalue weighted by Crippen LogP contribution is -2.56. The van der Waals surface area contributed by atoms with E-state index in [4.69, 9.17) is 11.5 Å². The van der Waals surface area contributed by atoms with Crippen LogP contribution in [0.5, 0.6) is 0 Å². The predicted molar refractivity (Wildman–Crippen MR) is 149 cm³/mol. The number of hydrogen-bond donors (Lipinski definition) is 5. The first kappa shape index (κ1) is 32.1. The Morgan fingerprint density at radius 2 is 1.64 bits per heavy atom. The molecule has 0 aromatic carbocycles. The molecule has 1 aliphatic rings. The second-order valence-electron chi connectivity index (χ2n) is 10.5. The lowest BCUT2D eigenvalue weighted by atomic mass is 10.0. The summed E-state index contributed by atoms with van der Waals surface area (Å²) in [6, 6.07) is -2.76. The Labute approximate surface area is 231 Å². The normalized spacial score (nSPS) is 17.4. The molecule has 0 aliphatic carbocycles. The summed E-state index contributed by atoms with van der Waals surface area (Å²) in [4.78, 5) is 61.6. The molecular weight excluding hydrogens is 500 g/mol. The summed E-state index contributed by atoms with van der Waals surface area (Å²) < 4.78 is 0. The predicted octanol–water partition coefficient (Wildman–Crippen LogP) is 0.721. The number of aldehydes is 1. The van der Waals surface area contributed by atoms with Gasteiger partial charge in [0.25, 0.3) is 0 Å². The number of likely N-dealkylation sites (tertiary alicyclic amines) is 1. The highest BCUT2D eigenvalue weighted by Gasteiger charge is 2.35. The number of aromatic nitrogens is 2. The summed E-state index contributed by atoms with van der Waals surface area (Å²) >= 11 is 0. The van der Waals surface area contributed by atoms with Crippen molar-refractivity contribution in [1.82, 2.24) is 25.5 Å². The fourth-order valence-corrected chi connectivity index (χ4v) is 4.72. The van der Waals surface area contributed by atoms with Crippen LogP contribution in [-0.4, -0.2) is 82.7 Å². The van der Waals surface area contributed by atoms with Crippen molar-refractivity contribution in [2.24, 2.45) is 17.4 Å². The van der Waals surface area contributed by atoms with Gasteiger partial charge in [-0.2, -0.15) is 0 Å². The van der Waals surface area contributed by atoms with Crippen molar-refractivity contribution >= 4 is 29.8 Å². The molecule has 7 N–H and O–H groups in total. The van der Waals surface area contributed by atoms with Gasteiger partial charge in [-0.05, 0) is 76.8 Å². The monoisotopic (exact) mass is 546 g/mol. The molecule has 1 aliphatic heterocycles. The Hall–Kier alpha value is -3.12. The molecule has 12 heteroatoms. The van der Waals surface area contributed by atoms with Gasteiger partial charge in [0.1, 0.15) is 30.2 Å². The molecule has 4 unspecified atom stereocenters. The standard InChI is InChI=1S/C27H46N8O4/c1-19(2)16-23(34-25(37)21(9-3-5-11-28)32-24-17-30-13-14-31-24)26(38)33-22(10-4-6-12-29)27(39)35-15-7-8-20(35)18-36/h13-14,17-23H,3-12,15-16,28-29H2,1-2H3,(H,31,32)(H,33,38)(H,34,37). The van der Waals surface area contributed by atoms with Crippen molar-refractivity contribution in [2.75, 3.05) is 25.0 Å². The molecule has 1 saturated heterocycles. The number of unbranched alkanes of at least 4 members (excludes halogenated alkanes) is 2. The van der Waals surface area contributed by atoms with Crippen LogP contribution in [0, 0.1) is 5.92 Å². The van der Waals surface area contributed by atoms with Crippen molar-refractivity contribution in [1.29, 1.82) is 0 Å². The van der Waals surface area contributed by atoms with Crippen LogP contribution in [0.2, 0.25) is 0 Å². The van der Waals surface area contributed by atoms with Crippen LogP contribution in [0.3, 0.4) is 0 Å². The highest BCUT2D eigenvalue weighted by Crippen LogP contribution is 2.19. The van der Waals surface area contributed by atoms with Crippen molar-refractivity contribution in [2.45, 2.75) is 95.8 Å². The van der Waals surface area contributed by atoms with E-state index in [9.17, 15) is 19.2 Å². The Morgan fingerprint density at radius 3 is 2.23 bits per heavy atom. The number of nitrogens with two attached hydrogens (primary N) is 2. The maximum atomic E-state index is 13.5. The van der Waals surface area contributed by atoms with Gasteiger partial charge in [-0.1, -0.05) is 13.8 Å². The van der Waals surface area contributed by atoms with Gasteiger partial charge >= 0.3 is 0 Å². The number of amides is 3. The van der Waals surface area contributed by atoms with Crippen LogP contribution >= 0.6 is 0 Å². The molecule has 2 rings (SSSR count). The summed E-state index contributed by atoms with van der Waals surface area (Å²) in [5.41, 5.74) is 11.3. The van der Waals surface area contributed by atoms with Crippen molar-refractivity contribution < 1.29 is 19.2 Å². The first-order valence-corrected chi connectivity index (χ1v) is 14.1. The van der Waals surface area contributed by atoms with E-state index < -0.39 is 30.1 Å². The third-order valence-electron chi connectivity index (χ3n) is 6.79. The largest absolute Gasteiger partial charge is 0.357 e. The summed E-state index contributed by atoms with van der Waals surface area (Å²) in [5.74, 6) is -0.478. The first-order valence-electron chi connectivity index (χ1n) is 14.1. The topological polar surface area (TPSA) is 185 Å². The lowest BCUT2D eigenvalue weighted by Gasteiger charge is -2.29. The molecule has 1 aromatic heterocycles. The van der Waals surface area contributed by atoms with Crippen LogP contribution in [0.1, 0.15) is 71.6 Å². The summed E-state index contributed by atoms with van der Waals surface area (Å²) in [5, 5.41) is 8.90. The maximum Gasteiger partial charge on any atom is 0.245 e. The number of anilines is 1. The van der Waals surface area contributed by atoms with E-state index in [1.54, 1.807) is 11.1 Å². The van der Waals surface area contributed by atoms with Gasteiger partial charge in [0.15, 0.2) is 0 Å². The van der Waals surface area contributed by atoms with Crippen LogP contribution in [-0.2, 0) is 19.2 Å². The Bertz CT molecular complexity index is 901. The first-order chi connectivity index (χ1) is 18.8. The number of carbonyl (C=O) groups is 4. The molecule has 39 heavy (non-hydrogen) atoms. The molecule has 12 nitrogen and oxygen atoms in total. The molecule has 0 saturated carbocycles. The van der Waals surface area contributed by atoms with E-state index in [2.05, 4.69) is 25.9 Å². The van der Waals surface area contributed by atoms with Crippen LogP contribution in [0.25, 0.3) is 0 Å². The minimum atomic E-state index is -0.844. The van der Waals surface area contributed by atoms with E-state index >= 15 is 0 Å². The fourth-order valence-electron chi connectivity index (χ4n) is 4.72. The van der Waals surface area contributed by atoms with E-state index in [-0.39, 0.29) is 17.7 Å². The van der Waals surface area contributed by atoms with Gasteiger partial charge in [-0.3, -0.25) is 19.4 Å². The molecule has 4 atom stereocenters. The molecule has 1 fully saturated rings. The Kier molecular flexibility index (Phi) is 14.4. The number of hydrogen-bond acceptors (Lipinski definition) is 9. The van der Waals surface area contributed by atoms with Gasteiger partial charge in [0, 0.05) is 18.9 Å². The van der Waals surface area contributed by atoms with E-state index in [0.717, 1.165) is 19.1 Å². The zero-order chi connectivity index (χ0) is 28.6.